The minimum Gasteiger partial charge on any atom is -0.375 e. The standard InChI is InChI=1S/C14H18N2S/c1-9-5-6-10(14(2,3)4)7-11(9)12-8-17-13(15)16-12/h5-8H,1-4H3,(H2,15,16). The molecular formula is C14H18N2S. The van der Waals surface area contributed by atoms with E-state index < -0.39 is 0 Å². The van der Waals surface area contributed by atoms with E-state index in [2.05, 4.69) is 50.9 Å². The molecule has 0 fully saturated rings. The lowest BCUT2D eigenvalue weighted by molar-refractivity contribution is 0.590. The summed E-state index contributed by atoms with van der Waals surface area (Å²) in [6.45, 7) is 8.77. The smallest absolute Gasteiger partial charge is 0.180 e. The van der Waals surface area contributed by atoms with Gasteiger partial charge in [-0.2, -0.15) is 0 Å². The Morgan fingerprint density at radius 2 is 1.94 bits per heavy atom. The number of hydrogen-bond acceptors (Lipinski definition) is 3. The summed E-state index contributed by atoms with van der Waals surface area (Å²) in [7, 11) is 0. The van der Waals surface area contributed by atoms with E-state index >= 15 is 0 Å². The average Bonchev–Trinajstić information content (AvgIpc) is 2.63. The molecular weight excluding hydrogens is 228 g/mol. The largest absolute Gasteiger partial charge is 0.375 e. The minimum absolute atomic E-state index is 0.157. The molecule has 0 spiro atoms. The van der Waals surface area contributed by atoms with E-state index in [0.29, 0.717) is 5.13 Å². The fourth-order valence-corrected chi connectivity index (χ4v) is 2.34. The number of nitrogens with two attached hydrogens (primary N) is 1. The Morgan fingerprint density at radius 3 is 2.47 bits per heavy atom. The van der Waals surface area contributed by atoms with Gasteiger partial charge < -0.3 is 5.73 Å². The van der Waals surface area contributed by atoms with Gasteiger partial charge in [-0.1, -0.05) is 32.9 Å². The fourth-order valence-electron chi connectivity index (χ4n) is 1.78. The minimum atomic E-state index is 0.157. The summed E-state index contributed by atoms with van der Waals surface area (Å²) in [5, 5.41) is 2.64. The molecule has 0 saturated carbocycles. The predicted molar refractivity (Wildman–Crippen MR) is 75.4 cm³/mol. The molecule has 0 aliphatic rings. The molecule has 1 heterocycles. The molecule has 3 heteroatoms. The number of aromatic nitrogens is 1. The molecule has 0 aliphatic heterocycles. The third-order valence-electron chi connectivity index (χ3n) is 2.90. The molecule has 2 nitrogen and oxygen atoms in total. The molecule has 1 aromatic heterocycles. The summed E-state index contributed by atoms with van der Waals surface area (Å²) >= 11 is 1.49. The van der Waals surface area contributed by atoms with Gasteiger partial charge >= 0.3 is 0 Å². The van der Waals surface area contributed by atoms with E-state index in [1.165, 1.54) is 28.0 Å². The highest BCUT2D eigenvalue weighted by Crippen LogP contribution is 2.31. The molecule has 0 unspecified atom stereocenters. The van der Waals surface area contributed by atoms with E-state index in [0.717, 1.165) is 5.69 Å². The molecule has 2 rings (SSSR count). The van der Waals surface area contributed by atoms with Gasteiger partial charge in [-0.15, -0.1) is 11.3 Å². The summed E-state index contributed by atoms with van der Waals surface area (Å²) in [5.41, 5.74) is 10.6. The molecule has 2 N–H and O–H groups in total. The van der Waals surface area contributed by atoms with E-state index in [9.17, 15) is 0 Å². The van der Waals surface area contributed by atoms with E-state index in [-0.39, 0.29) is 5.41 Å². The summed E-state index contributed by atoms with van der Waals surface area (Å²) in [5.74, 6) is 0. The van der Waals surface area contributed by atoms with Crippen LogP contribution in [0.2, 0.25) is 0 Å². The second kappa shape index (κ2) is 4.15. The molecule has 90 valence electrons. The van der Waals surface area contributed by atoms with Crippen LogP contribution < -0.4 is 5.73 Å². The Balaban J connectivity index is 2.54. The second-order valence-electron chi connectivity index (χ2n) is 5.35. The van der Waals surface area contributed by atoms with Crippen molar-refractivity contribution >= 4 is 16.5 Å². The first-order chi connectivity index (χ1) is 7.88. The van der Waals surface area contributed by atoms with E-state index in [1.807, 2.05) is 5.38 Å². The lowest BCUT2D eigenvalue weighted by Crippen LogP contribution is -2.11. The summed E-state index contributed by atoms with van der Waals surface area (Å²) in [4.78, 5) is 4.36. The molecule has 0 bridgehead atoms. The number of thiazole rings is 1. The number of hydrogen-bond donors (Lipinski definition) is 1. The van der Waals surface area contributed by atoms with Crippen molar-refractivity contribution in [3.05, 3.63) is 34.7 Å². The zero-order valence-corrected chi connectivity index (χ0v) is 11.6. The lowest BCUT2D eigenvalue weighted by Gasteiger charge is -2.20. The van der Waals surface area contributed by atoms with Crippen LogP contribution >= 0.6 is 11.3 Å². The van der Waals surface area contributed by atoms with Crippen LogP contribution in [0.3, 0.4) is 0 Å². The highest BCUT2D eigenvalue weighted by Gasteiger charge is 2.16. The number of benzene rings is 1. The quantitative estimate of drug-likeness (QED) is 0.826. The second-order valence-corrected chi connectivity index (χ2v) is 6.24. The first kappa shape index (κ1) is 12.1. The van der Waals surface area contributed by atoms with Gasteiger partial charge in [-0.3, -0.25) is 0 Å². The third kappa shape index (κ3) is 2.50. The Labute approximate surface area is 107 Å². The monoisotopic (exact) mass is 246 g/mol. The molecule has 0 aliphatic carbocycles. The maximum atomic E-state index is 5.70. The SMILES string of the molecule is Cc1ccc(C(C)(C)C)cc1-c1csc(N)n1. The van der Waals surface area contributed by atoms with Crippen molar-refractivity contribution in [2.75, 3.05) is 5.73 Å². The highest BCUT2D eigenvalue weighted by atomic mass is 32.1. The Morgan fingerprint density at radius 1 is 1.24 bits per heavy atom. The maximum Gasteiger partial charge on any atom is 0.180 e. The zero-order valence-electron chi connectivity index (χ0n) is 10.7. The van der Waals surface area contributed by atoms with E-state index in [1.54, 1.807) is 0 Å². The van der Waals surface area contributed by atoms with Gasteiger partial charge in [0.05, 0.1) is 5.69 Å². The molecule has 0 saturated heterocycles. The average molecular weight is 246 g/mol. The Hall–Kier alpha value is -1.35. The Bertz CT molecular complexity index is 535. The van der Waals surface area contributed by atoms with Gasteiger partial charge in [0.25, 0.3) is 0 Å². The van der Waals surface area contributed by atoms with Gasteiger partial charge in [0, 0.05) is 10.9 Å². The van der Waals surface area contributed by atoms with E-state index in [4.69, 9.17) is 5.73 Å². The number of nitrogens with zero attached hydrogens (tertiary/aromatic N) is 1. The first-order valence-electron chi connectivity index (χ1n) is 5.70. The van der Waals surface area contributed by atoms with Crippen molar-refractivity contribution in [1.82, 2.24) is 4.98 Å². The normalized spacial score (nSPS) is 11.8. The van der Waals surface area contributed by atoms with Crippen LogP contribution in [0.25, 0.3) is 11.3 Å². The summed E-state index contributed by atoms with van der Waals surface area (Å²) in [6, 6.07) is 6.57. The molecule has 17 heavy (non-hydrogen) atoms. The fraction of sp³-hybridized carbons (Fsp3) is 0.357. The van der Waals surface area contributed by atoms with Gasteiger partial charge in [0.15, 0.2) is 5.13 Å². The molecule has 0 atom stereocenters. The number of rotatable bonds is 1. The lowest BCUT2D eigenvalue weighted by atomic mass is 9.85. The molecule has 0 amide bonds. The summed E-state index contributed by atoms with van der Waals surface area (Å²) < 4.78 is 0. The maximum absolute atomic E-state index is 5.70. The highest BCUT2D eigenvalue weighted by molar-refractivity contribution is 7.13. The van der Waals surface area contributed by atoms with Gasteiger partial charge in [0.1, 0.15) is 0 Å². The van der Waals surface area contributed by atoms with Gasteiger partial charge in [0.2, 0.25) is 0 Å². The van der Waals surface area contributed by atoms with Crippen molar-refractivity contribution < 1.29 is 0 Å². The van der Waals surface area contributed by atoms with Crippen LogP contribution in [-0.2, 0) is 5.41 Å². The first-order valence-corrected chi connectivity index (χ1v) is 6.58. The molecule has 0 radical (unpaired) electrons. The van der Waals surface area contributed by atoms with Crippen LogP contribution in [0.4, 0.5) is 5.13 Å². The summed E-state index contributed by atoms with van der Waals surface area (Å²) in [6.07, 6.45) is 0. The number of aryl methyl sites for hydroxylation is 1. The van der Waals surface area contributed by atoms with Crippen LogP contribution in [0.5, 0.6) is 0 Å². The predicted octanol–water partition coefficient (Wildman–Crippen LogP) is 4.00. The van der Waals surface area contributed by atoms with Crippen LogP contribution in [0, 0.1) is 6.92 Å². The number of anilines is 1. The van der Waals surface area contributed by atoms with Crippen molar-refractivity contribution in [3.8, 4) is 11.3 Å². The van der Waals surface area contributed by atoms with Crippen molar-refractivity contribution in [3.63, 3.8) is 0 Å². The van der Waals surface area contributed by atoms with Crippen molar-refractivity contribution in [1.29, 1.82) is 0 Å². The number of nitrogen functional groups attached to an aromatic ring is 1. The van der Waals surface area contributed by atoms with Crippen molar-refractivity contribution in [2.24, 2.45) is 0 Å². The molecule has 1 aromatic carbocycles. The van der Waals surface area contributed by atoms with Crippen molar-refractivity contribution in [2.45, 2.75) is 33.1 Å². The van der Waals surface area contributed by atoms with Crippen LogP contribution in [0.1, 0.15) is 31.9 Å². The van der Waals surface area contributed by atoms with Crippen LogP contribution in [-0.4, -0.2) is 4.98 Å². The van der Waals surface area contributed by atoms with Crippen LogP contribution in [0.15, 0.2) is 23.6 Å². The Kier molecular flexibility index (Phi) is 2.96. The van der Waals surface area contributed by atoms with Gasteiger partial charge in [-0.05, 0) is 29.5 Å². The molecule has 2 aromatic rings. The third-order valence-corrected chi connectivity index (χ3v) is 3.58. The van der Waals surface area contributed by atoms with Gasteiger partial charge in [-0.25, -0.2) is 4.98 Å². The topological polar surface area (TPSA) is 38.9 Å². The zero-order chi connectivity index (χ0) is 12.6.